The minimum absolute atomic E-state index is 0.0196. The monoisotopic (exact) mass is 410 g/mol. The zero-order valence-electron chi connectivity index (χ0n) is 17.2. The maximum Gasteiger partial charge on any atom is 0.255 e. The maximum atomic E-state index is 13.3. The zero-order valence-corrected chi connectivity index (χ0v) is 17.2. The molecule has 31 heavy (non-hydrogen) atoms. The Kier molecular flexibility index (Phi) is 4.75. The normalized spacial score (nSPS) is 15.3. The van der Waals surface area contributed by atoms with Crippen LogP contribution in [0.25, 0.3) is 10.9 Å². The molecule has 0 saturated carbocycles. The molecule has 154 valence electrons. The smallest absolute Gasteiger partial charge is 0.255 e. The van der Waals surface area contributed by atoms with Crippen LogP contribution in [0.1, 0.15) is 33.2 Å². The van der Waals surface area contributed by atoms with Gasteiger partial charge in [-0.2, -0.15) is 0 Å². The van der Waals surface area contributed by atoms with E-state index in [2.05, 4.69) is 33.2 Å². The predicted octanol–water partition coefficient (Wildman–Crippen LogP) is 3.43. The number of nitrogens with one attached hydrogen (secondary N) is 1. The van der Waals surface area contributed by atoms with Gasteiger partial charge in [0.05, 0.1) is 18.3 Å². The number of hydrogen-bond acceptors (Lipinski definition) is 3. The number of para-hydroxylation sites is 1. The van der Waals surface area contributed by atoms with Gasteiger partial charge in [-0.15, -0.1) is 0 Å². The molecule has 1 N–H and O–H groups in total. The lowest BCUT2D eigenvalue weighted by Crippen LogP contribution is -2.39. The van der Waals surface area contributed by atoms with Gasteiger partial charge in [0.2, 0.25) is 5.91 Å². The molecule has 0 fully saturated rings. The molecule has 0 spiro atoms. The number of carbonyl (C=O) groups excluding carboxylic acids is 2. The van der Waals surface area contributed by atoms with Crippen LogP contribution in [0, 0.1) is 0 Å². The van der Waals surface area contributed by atoms with Crippen molar-refractivity contribution < 1.29 is 9.59 Å². The molecule has 1 aliphatic heterocycles. The van der Waals surface area contributed by atoms with Crippen molar-refractivity contribution in [2.45, 2.75) is 12.6 Å². The second kappa shape index (κ2) is 7.72. The molecule has 2 aromatic carbocycles. The molecular formula is C25H22N4O2. The topological polar surface area (TPSA) is 67.2 Å². The third-order valence-electron chi connectivity index (χ3n) is 5.79. The van der Waals surface area contributed by atoms with Crippen LogP contribution in [-0.2, 0) is 18.4 Å². The van der Waals surface area contributed by atoms with Gasteiger partial charge in [0.15, 0.2) is 0 Å². The van der Waals surface area contributed by atoms with Crippen molar-refractivity contribution in [2.24, 2.45) is 7.05 Å². The van der Waals surface area contributed by atoms with E-state index in [0.29, 0.717) is 12.1 Å². The predicted molar refractivity (Wildman–Crippen MR) is 118 cm³/mol. The van der Waals surface area contributed by atoms with E-state index in [1.807, 2.05) is 61.6 Å². The summed E-state index contributed by atoms with van der Waals surface area (Å²) in [5, 5.41) is 3.97. The molecule has 1 aliphatic rings. The number of fused-ring (bicyclic) bond motifs is 2. The summed E-state index contributed by atoms with van der Waals surface area (Å²) in [5.41, 5.74) is 4.47. The fourth-order valence-electron chi connectivity index (χ4n) is 4.36. The highest BCUT2D eigenvalue weighted by Gasteiger charge is 2.39. The van der Waals surface area contributed by atoms with Crippen molar-refractivity contribution in [1.29, 1.82) is 0 Å². The van der Waals surface area contributed by atoms with Crippen LogP contribution < -0.4 is 5.32 Å². The van der Waals surface area contributed by atoms with Crippen molar-refractivity contribution in [3.8, 4) is 0 Å². The van der Waals surface area contributed by atoms with E-state index < -0.39 is 0 Å². The summed E-state index contributed by atoms with van der Waals surface area (Å²) in [7, 11) is 2.00. The van der Waals surface area contributed by atoms with Gasteiger partial charge in [-0.3, -0.25) is 14.6 Å². The molecule has 0 saturated heterocycles. The number of benzene rings is 2. The Bertz CT molecular complexity index is 1280. The number of carbonyl (C=O) groups is 2. The van der Waals surface area contributed by atoms with Crippen LogP contribution in [0.3, 0.4) is 0 Å². The number of nitrogens with zero attached hydrogens (tertiary/aromatic N) is 3. The minimum atomic E-state index is -0.310. The number of aryl methyl sites for hydroxylation is 1. The Labute approximate surface area is 180 Å². The SMILES string of the molecule is Cn1cc([C@H]2c3ccccc3C(=O)N2CC(=O)NCc2ccccn2)c2ccccc21. The molecule has 5 rings (SSSR count). The van der Waals surface area contributed by atoms with Gasteiger partial charge in [0.1, 0.15) is 6.54 Å². The third-order valence-corrected chi connectivity index (χ3v) is 5.79. The minimum Gasteiger partial charge on any atom is -0.350 e. The Balaban J connectivity index is 1.48. The average Bonchev–Trinajstić information content (AvgIpc) is 3.27. The van der Waals surface area contributed by atoms with Crippen LogP contribution in [-0.4, -0.2) is 32.8 Å². The van der Waals surface area contributed by atoms with E-state index >= 15 is 0 Å². The fourth-order valence-corrected chi connectivity index (χ4v) is 4.36. The van der Waals surface area contributed by atoms with Crippen molar-refractivity contribution in [2.75, 3.05) is 6.54 Å². The summed E-state index contributed by atoms with van der Waals surface area (Å²) in [6.07, 6.45) is 3.75. The quantitative estimate of drug-likeness (QED) is 0.548. The number of rotatable bonds is 5. The Morgan fingerprint density at radius 2 is 1.77 bits per heavy atom. The molecule has 0 bridgehead atoms. The van der Waals surface area contributed by atoms with E-state index in [1.54, 1.807) is 11.1 Å². The first-order chi connectivity index (χ1) is 15.1. The number of pyridine rings is 1. The first kappa shape index (κ1) is 19.1. The summed E-state index contributed by atoms with van der Waals surface area (Å²) in [4.78, 5) is 31.9. The summed E-state index contributed by atoms with van der Waals surface area (Å²) in [5.74, 6) is -0.335. The van der Waals surface area contributed by atoms with E-state index in [1.165, 1.54) is 0 Å². The average molecular weight is 410 g/mol. The largest absolute Gasteiger partial charge is 0.350 e. The Hall–Kier alpha value is -3.93. The van der Waals surface area contributed by atoms with Crippen molar-refractivity contribution in [3.05, 3.63) is 102 Å². The first-order valence-corrected chi connectivity index (χ1v) is 10.2. The van der Waals surface area contributed by atoms with Gasteiger partial charge in [0.25, 0.3) is 5.91 Å². The summed E-state index contributed by atoms with van der Waals surface area (Å²) >= 11 is 0. The molecule has 0 radical (unpaired) electrons. The van der Waals surface area contributed by atoms with Gasteiger partial charge in [-0.25, -0.2) is 0 Å². The molecule has 2 aromatic heterocycles. The van der Waals surface area contributed by atoms with Crippen LogP contribution in [0.2, 0.25) is 0 Å². The fraction of sp³-hybridized carbons (Fsp3) is 0.160. The number of aromatic nitrogens is 2. The van der Waals surface area contributed by atoms with Gasteiger partial charge >= 0.3 is 0 Å². The van der Waals surface area contributed by atoms with Crippen molar-refractivity contribution in [1.82, 2.24) is 19.8 Å². The first-order valence-electron chi connectivity index (χ1n) is 10.2. The molecule has 3 heterocycles. The highest BCUT2D eigenvalue weighted by Crippen LogP contribution is 2.41. The lowest BCUT2D eigenvalue weighted by molar-refractivity contribution is -0.122. The van der Waals surface area contributed by atoms with Crippen molar-refractivity contribution in [3.63, 3.8) is 0 Å². The van der Waals surface area contributed by atoms with Crippen LogP contribution >= 0.6 is 0 Å². The van der Waals surface area contributed by atoms with Gasteiger partial charge in [-0.05, 0) is 29.8 Å². The molecule has 6 heteroatoms. The zero-order chi connectivity index (χ0) is 21.4. The molecule has 6 nitrogen and oxygen atoms in total. The second-order valence-corrected chi connectivity index (χ2v) is 7.73. The van der Waals surface area contributed by atoms with Crippen LogP contribution in [0.4, 0.5) is 0 Å². The molecule has 4 aromatic rings. The summed E-state index contributed by atoms with van der Waals surface area (Å²) < 4.78 is 2.06. The standard InChI is InChI=1S/C25H22N4O2/c1-28-15-21(18-9-4-5-12-22(18)28)24-19-10-2-3-11-20(19)25(31)29(24)16-23(30)27-14-17-8-6-7-13-26-17/h2-13,15,24H,14,16H2,1H3,(H,27,30)/t24-/m1/s1. The van der Waals surface area contributed by atoms with Gasteiger partial charge in [-0.1, -0.05) is 42.5 Å². The van der Waals surface area contributed by atoms with Crippen molar-refractivity contribution >= 4 is 22.7 Å². The lowest BCUT2D eigenvalue weighted by Gasteiger charge is -2.25. The Morgan fingerprint density at radius 3 is 2.61 bits per heavy atom. The summed E-state index contributed by atoms with van der Waals surface area (Å²) in [6.45, 7) is 0.307. The molecule has 1 atom stereocenters. The van der Waals surface area contributed by atoms with E-state index in [0.717, 1.165) is 27.7 Å². The van der Waals surface area contributed by atoms with E-state index in [4.69, 9.17) is 0 Å². The second-order valence-electron chi connectivity index (χ2n) is 7.73. The van der Waals surface area contributed by atoms with E-state index in [9.17, 15) is 9.59 Å². The van der Waals surface area contributed by atoms with E-state index in [-0.39, 0.29) is 24.4 Å². The highest BCUT2D eigenvalue weighted by atomic mass is 16.2. The van der Waals surface area contributed by atoms with Crippen LogP contribution in [0.5, 0.6) is 0 Å². The Morgan fingerprint density at radius 1 is 1.00 bits per heavy atom. The maximum absolute atomic E-state index is 13.3. The molecule has 0 unspecified atom stereocenters. The van der Waals surface area contributed by atoms with Gasteiger partial charge in [0, 0.05) is 41.5 Å². The molecule has 2 amide bonds. The summed E-state index contributed by atoms with van der Waals surface area (Å²) in [6, 6.07) is 21.0. The number of hydrogen-bond donors (Lipinski definition) is 1. The molecule has 0 aliphatic carbocycles. The lowest BCUT2D eigenvalue weighted by atomic mass is 9.97. The van der Waals surface area contributed by atoms with Gasteiger partial charge < -0.3 is 14.8 Å². The molecular weight excluding hydrogens is 388 g/mol. The highest BCUT2D eigenvalue weighted by molar-refractivity contribution is 6.02. The van der Waals surface area contributed by atoms with Crippen LogP contribution in [0.15, 0.2) is 79.1 Å². The number of amides is 2. The third kappa shape index (κ3) is 3.36.